The number of thioether (sulfide) groups is 1. The predicted molar refractivity (Wildman–Crippen MR) is 68.8 cm³/mol. The van der Waals surface area contributed by atoms with Crippen molar-refractivity contribution in [3.8, 4) is 5.75 Å². The number of carbonyl (C=O) groups is 1. The lowest BCUT2D eigenvalue weighted by Gasteiger charge is -2.23. The summed E-state index contributed by atoms with van der Waals surface area (Å²) in [5.74, 6) is 2.55. The van der Waals surface area contributed by atoms with Gasteiger partial charge in [0.25, 0.3) is 0 Å². The quantitative estimate of drug-likeness (QED) is 0.775. The molecule has 4 heteroatoms. The van der Waals surface area contributed by atoms with Gasteiger partial charge in [0.15, 0.2) is 0 Å². The third kappa shape index (κ3) is 3.16. The van der Waals surface area contributed by atoms with E-state index in [0.29, 0.717) is 11.3 Å². The molecule has 0 unspecified atom stereocenters. The molecule has 1 aromatic carbocycles. The molecule has 1 aliphatic rings. The average Bonchev–Trinajstić information content (AvgIpc) is 2.40. The van der Waals surface area contributed by atoms with Crippen LogP contribution in [-0.2, 0) is 4.74 Å². The van der Waals surface area contributed by atoms with Crippen LogP contribution in [0.5, 0.6) is 5.75 Å². The van der Waals surface area contributed by atoms with E-state index in [1.807, 2.05) is 30.0 Å². The Balaban J connectivity index is 2.11. The SMILES string of the molecule is COC(=O)c1ccccc1OC1CCSCC1. The fourth-order valence-electron chi connectivity index (χ4n) is 1.82. The molecule has 0 saturated carbocycles. The van der Waals surface area contributed by atoms with Crippen LogP contribution in [0.2, 0.25) is 0 Å². The summed E-state index contributed by atoms with van der Waals surface area (Å²) in [4.78, 5) is 11.6. The van der Waals surface area contributed by atoms with Gasteiger partial charge in [0, 0.05) is 0 Å². The standard InChI is InChI=1S/C13H16O3S/c1-15-13(14)11-4-2-3-5-12(11)16-10-6-8-17-9-7-10/h2-5,10H,6-9H2,1H3. The monoisotopic (exact) mass is 252 g/mol. The molecule has 0 radical (unpaired) electrons. The highest BCUT2D eigenvalue weighted by atomic mass is 32.2. The van der Waals surface area contributed by atoms with E-state index in [9.17, 15) is 4.79 Å². The van der Waals surface area contributed by atoms with E-state index in [0.717, 1.165) is 24.3 Å². The molecule has 0 spiro atoms. The fraction of sp³-hybridized carbons (Fsp3) is 0.462. The first-order valence-electron chi connectivity index (χ1n) is 5.73. The van der Waals surface area contributed by atoms with E-state index in [-0.39, 0.29) is 12.1 Å². The zero-order valence-electron chi connectivity index (χ0n) is 9.85. The number of hydrogen-bond donors (Lipinski definition) is 0. The van der Waals surface area contributed by atoms with Crippen molar-refractivity contribution in [1.82, 2.24) is 0 Å². The number of methoxy groups -OCH3 is 1. The summed E-state index contributed by atoms with van der Waals surface area (Å²) in [6, 6.07) is 7.25. The van der Waals surface area contributed by atoms with Crippen LogP contribution < -0.4 is 4.74 Å². The van der Waals surface area contributed by atoms with Gasteiger partial charge in [-0.15, -0.1) is 0 Å². The Morgan fingerprint density at radius 2 is 2.00 bits per heavy atom. The molecule has 1 aromatic rings. The molecule has 0 aromatic heterocycles. The first kappa shape index (κ1) is 12.3. The highest BCUT2D eigenvalue weighted by Crippen LogP contribution is 2.25. The van der Waals surface area contributed by atoms with E-state index in [1.165, 1.54) is 7.11 Å². The summed E-state index contributed by atoms with van der Waals surface area (Å²) < 4.78 is 10.6. The van der Waals surface area contributed by atoms with E-state index in [2.05, 4.69) is 0 Å². The Hall–Kier alpha value is -1.16. The normalized spacial score (nSPS) is 16.5. The molecule has 0 amide bonds. The van der Waals surface area contributed by atoms with Crippen molar-refractivity contribution >= 4 is 17.7 Å². The molecule has 1 aliphatic heterocycles. The van der Waals surface area contributed by atoms with Crippen LogP contribution in [0.1, 0.15) is 23.2 Å². The third-order valence-corrected chi connectivity index (χ3v) is 3.80. The zero-order chi connectivity index (χ0) is 12.1. The second kappa shape index (κ2) is 5.96. The van der Waals surface area contributed by atoms with Crippen LogP contribution >= 0.6 is 11.8 Å². The van der Waals surface area contributed by atoms with Crippen LogP contribution in [0.15, 0.2) is 24.3 Å². The van der Waals surface area contributed by atoms with Gasteiger partial charge in [-0.1, -0.05) is 12.1 Å². The molecule has 3 nitrogen and oxygen atoms in total. The van der Waals surface area contributed by atoms with Crippen molar-refractivity contribution in [3.63, 3.8) is 0 Å². The molecule has 17 heavy (non-hydrogen) atoms. The minimum absolute atomic E-state index is 0.224. The van der Waals surface area contributed by atoms with Crippen molar-refractivity contribution in [2.24, 2.45) is 0 Å². The number of rotatable bonds is 3. The molecular weight excluding hydrogens is 236 g/mol. The van der Waals surface area contributed by atoms with Gasteiger partial charge >= 0.3 is 5.97 Å². The van der Waals surface area contributed by atoms with Crippen molar-refractivity contribution in [2.45, 2.75) is 18.9 Å². The minimum atomic E-state index is -0.342. The zero-order valence-corrected chi connectivity index (χ0v) is 10.7. The maximum absolute atomic E-state index is 11.6. The van der Waals surface area contributed by atoms with Gasteiger partial charge in [-0.05, 0) is 36.5 Å². The molecule has 2 rings (SSSR count). The van der Waals surface area contributed by atoms with Gasteiger partial charge < -0.3 is 9.47 Å². The van der Waals surface area contributed by atoms with Gasteiger partial charge in [-0.25, -0.2) is 4.79 Å². The van der Waals surface area contributed by atoms with Gasteiger partial charge in [0.1, 0.15) is 17.4 Å². The number of ether oxygens (including phenoxy) is 2. The maximum atomic E-state index is 11.6. The molecule has 92 valence electrons. The molecule has 1 heterocycles. The smallest absolute Gasteiger partial charge is 0.341 e. The van der Waals surface area contributed by atoms with Gasteiger partial charge in [0.2, 0.25) is 0 Å². The molecule has 0 N–H and O–H groups in total. The van der Waals surface area contributed by atoms with Crippen LogP contribution in [0.4, 0.5) is 0 Å². The van der Waals surface area contributed by atoms with Gasteiger partial charge in [-0.2, -0.15) is 11.8 Å². The Bertz CT molecular complexity index is 386. The largest absolute Gasteiger partial charge is 0.489 e. The summed E-state index contributed by atoms with van der Waals surface area (Å²) in [5, 5.41) is 0. The van der Waals surface area contributed by atoms with E-state index in [4.69, 9.17) is 9.47 Å². The number of hydrogen-bond acceptors (Lipinski definition) is 4. The van der Waals surface area contributed by atoms with Crippen molar-refractivity contribution in [1.29, 1.82) is 0 Å². The van der Waals surface area contributed by atoms with E-state index < -0.39 is 0 Å². The van der Waals surface area contributed by atoms with Crippen molar-refractivity contribution in [3.05, 3.63) is 29.8 Å². The number of esters is 1. The number of para-hydroxylation sites is 1. The van der Waals surface area contributed by atoms with Crippen LogP contribution in [0.25, 0.3) is 0 Å². The van der Waals surface area contributed by atoms with Crippen molar-refractivity contribution < 1.29 is 14.3 Å². The highest BCUT2D eigenvalue weighted by molar-refractivity contribution is 7.99. The maximum Gasteiger partial charge on any atom is 0.341 e. The topological polar surface area (TPSA) is 35.5 Å². The first-order chi connectivity index (χ1) is 8.31. The third-order valence-electron chi connectivity index (χ3n) is 2.75. The minimum Gasteiger partial charge on any atom is -0.489 e. The molecule has 0 bridgehead atoms. The van der Waals surface area contributed by atoms with Gasteiger partial charge in [-0.3, -0.25) is 0 Å². The summed E-state index contributed by atoms with van der Waals surface area (Å²) >= 11 is 1.95. The van der Waals surface area contributed by atoms with Crippen molar-refractivity contribution in [2.75, 3.05) is 18.6 Å². The average molecular weight is 252 g/mol. The Morgan fingerprint density at radius 3 is 2.71 bits per heavy atom. The first-order valence-corrected chi connectivity index (χ1v) is 6.88. The summed E-state index contributed by atoms with van der Waals surface area (Å²) in [6.45, 7) is 0. The lowest BCUT2D eigenvalue weighted by Crippen LogP contribution is -2.23. The number of benzene rings is 1. The van der Waals surface area contributed by atoms with Gasteiger partial charge in [0.05, 0.1) is 7.11 Å². The summed E-state index contributed by atoms with van der Waals surface area (Å²) in [5.41, 5.74) is 0.508. The van der Waals surface area contributed by atoms with E-state index >= 15 is 0 Å². The highest BCUT2D eigenvalue weighted by Gasteiger charge is 2.19. The fourth-order valence-corrected chi connectivity index (χ4v) is 2.88. The molecule has 1 saturated heterocycles. The van der Waals surface area contributed by atoms with E-state index in [1.54, 1.807) is 6.07 Å². The summed E-state index contributed by atoms with van der Waals surface area (Å²) in [7, 11) is 1.39. The Morgan fingerprint density at radius 1 is 1.29 bits per heavy atom. The second-order valence-electron chi connectivity index (χ2n) is 3.92. The summed E-state index contributed by atoms with van der Waals surface area (Å²) in [6.07, 6.45) is 2.31. The number of carbonyl (C=O) groups excluding carboxylic acids is 1. The predicted octanol–water partition coefficient (Wildman–Crippen LogP) is 2.75. The molecule has 1 fully saturated rings. The molecular formula is C13H16O3S. The molecule has 0 aliphatic carbocycles. The van der Waals surface area contributed by atoms with Crippen LogP contribution in [-0.4, -0.2) is 30.7 Å². The van der Waals surface area contributed by atoms with Crippen LogP contribution in [0, 0.1) is 0 Å². The Labute approximate surface area is 105 Å². The second-order valence-corrected chi connectivity index (χ2v) is 5.14. The lowest BCUT2D eigenvalue weighted by atomic mass is 10.1. The van der Waals surface area contributed by atoms with Crippen LogP contribution in [0.3, 0.4) is 0 Å². The Kier molecular flexibility index (Phi) is 4.31. The molecule has 0 atom stereocenters. The lowest BCUT2D eigenvalue weighted by molar-refractivity contribution is 0.0592.